The SMILES string of the molecule is CCOc1ccc(C(C)NC(=NC)NCCCOC2CCCC2)cc1OCC.I. The van der Waals surface area contributed by atoms with Crippen molar-refractivity contribution >= 4 is 29.9 Å². The number of ether oxygens (including phenoxy) is 3. The van der Waals surface area contributed by atoms with Crippen molar-refractivity contribution in [3.8, 4) is 11.5 Å². The molecule has 1 aliphatic rings. The number of benzene rings is 1. The molecule has 29 heavy (non-hydrogen) atoms. The van der Waals surface area contributed by atoms with Crippen molar-refractivity contribution in [2.45, 2.75) is 65.0 Å². The molecule has 1 fully saturated rings. The summed E-state index contributed by atoms with van der Waals surface area (Å²) in [6.45, 7) is 8.94. The first-order chi connectivity index (χ1) is 13.7. The predicted octanol–water partition coefficient (Wildman–Crippen LogP) is 4.68. The molecule has 0 amide bonds. The number of hydrogen-bond acceptors (Lipinski definition) is 4. The summed E-state index contributed by atoms with van der Waals surface area (Å²) in [6, 6.07) is 6.16. The quantitative estimate of drug-likeness (QED) is 0.193. The molecule has 0 aromatic heterocycles. The zero-order chi connectivity index (χ0) is 20.2. The summed E-state index contributed by atoms with van der Waals surface area (Å²) in [5.41, 5.74) is 1.12. The maximum Gasteiger partial charge on any atom is 0.191 e. The van der Waals surface area contributed by atoms with Gasteiger partial charge in [-0.15, -0.1) is 24.0 Å². The summed E-state index contributed by atoms with van der Waals surface area (Å²) < 4.78 is 17.3. The highest BCUT2D eigenvalue weighted by Crippen LogP contribution is 2.30. The summed E-state index contributed by atoms with van der Waals surface area (Å²) in [5, 5.41) is 6.81. The lowest BCUT2D eigenvalue weighted by atomic mass is 10.1. The minimum absolute atomic E-state index is 0. The molecule has 0 bridgehead atoms. The van der Waals surface area contributed by atoms with Crippen molar-refractivity contribution in [3.63, 3.8) is 0 Å². The van der Waals surface area contributed by atoms with Gasteiger partial charge < -0.3 is 24.8 Å². The fourth-order valence-electron chi connectivity index (χ4n) is 3.40. The van der Waals surface area contributed by atoms with E-state index in [1.807, 2.05) is 26.0 Å². The number of hydrogen-bond donors (Lipinski definition) is 2. The molecule has 1 atom stereocenters. The first-order valence-electron chi connectivity index (χ1n) is 10.7. The van der Waals surface area contributed by atoms with Crippen LogP contribution in [0.15, 0.2) is 23.2 Å². The zero-order valence-electron chi connectivity index (χ0n) is 18.3. The molecule has 1 aromatic rings. The van der Waals surface area contributed by atoms with Crippen LogP contribution in [0.1, 0.15) is 64.5 Å². The highest BCUT2D eigenvalue weighted by molar-refractivity contribution is 14.0. The van der Waals surface area contributed by atoms with E-state index in [0.29, 0.717) is 19.3 Å². The van der Waals surface area contributed by atoms with Gasteiger partial charge in [0.2, 0.25) is 0 Å². The second-order valence-electron chi connectivity index (χ2n) is 7.07. The zero-order valence-corrected chi connectivity index (χ0v) is 20.7. The predicted molar refractivity (Wildman–Crippen MR) is 130 cm³/mol. The Labute approximate surface area is 193 Å². The third-order valence-electron chi connectivity index (χ3n) is 4.91. The van der Waals surface area contributed by atoms with E-state index in [2.05, 4.69) is 28.6 Å². The molecule has 0 saturated heterocycles. The fraction of sp³-hybridized carbons (Fsp3) is 0.682. The lowest BCUT2D eigenvalue weighted by Gasteiger charge is -2.20. The van der Waals surface area contributed by atoms with E-state index in [1.165, 1.54) is 25.7 Å². The third kappa shape index (κ3) is 8.99. The normalized spacial score (nSPS) is 15.5. The van der Waals surface area contributed by atoms with Gasteiger partial charge in [-0.2, -0.15) is 0 Å². The van der Waals surface area contributed by atoms with E-state index in [0.717, 1.165) is 42.6 Å². The van der Waals surface area contributed by atoms with Crippen molar-refractivity contribution in [2.75, 3.05) is 33.4 Å². The van der Waals surface area contributed by atoms with Crippen LogP contribution in [0.3, 0.4) is 0 Å². The number of rotatable bonds is 11. The highest BCUT2D eigenvalue weighted by Gasteiger charge is 2.15. The van der Waals surface area contributed by atoms with Crippen LogP contribution in [0.2, 0.25) is 0 Å². The lowest BCUT2D eigenvalue weighted by molar-refractivity contribution is 0.0574. The number of nitrogens with zero attached hydrogens (tertiary/aromatic N) is 1. The highest BCUT2D eigenvalue weighted by atomic mass is 127. The van der Waals surface area contributed by atoms with E-state index in [1.54, 1.807) is 7.05 Å². The van der Waals surface area contributed by atoms with E-state index in [4.69, 9.17) is 14.2 Å². The molecule has 1 aliphatic carbocycles. The Hall–Kier alpha value is -1.22. The van der Waals surface area contributed by atoms with Crippen LogP contribution in [0.5, 0.6) is 11.5 Å². The van der Waals surface area contributed by atoms with Gasteiger partial charge in [-0.05, 0) is 57.7 Å². The van der Waals surface area contributed by atoms with E-state index in [-0.39, 0.29) is 30.0 Å². The van der Waals surface area contributed by atoms with Crippen LogP contribution >= 0.6 is 24.0 Å². The van der Waals surface area contributed by atoms with Crippen molar-refractivity contribution < 1.29 is 14.2 Å². The molecule has 166 valence electrons. The van der Waals surface area contributed by atoms with Crippen LogP contribution in [-0.4, -0.2) is 45.5 Å². The van der Waals surface area contributed by atoms with Gasteiger partial charge in [0.05, 0.1) is 25.4 Å². The van der Waals surface area contributed by atoms with E-state index >= 15 is 0 Å². The van der Waals surface area contributed by atoms with Crippen LogP contribution in [-0.2, 0) is 4.74 Å². The largest absolute Gasteiger partial charge is 0.490 e. The van der Waals surface area contributed by atoms with Crippen LogP contribution in [0.25, 0.3) is 0 Å². The van der Waals surface area contributed by atoms with Gasteiger partial charge in [0.15, 0.2) is 17.5 Å². The second kappa shape index (κ2) is 14.7. The van der Waals surface area contributed by atoms with Gasteiger partial charge >= 0.3 is 0 Å². The topological polar surface area (TPSA) is 64.1 Å². The molecule has 7 heteroatoms. The van der Waals surface area contributed by atoms with Crippen molar-refractivity contribution in [1.82, 2.24) is 10.6 Å². The maximum atomic E-state index is 5.91. The molecule has 0 radical (unpaired) electrons. The Kier molecular flexibility index (Phi) is 13.1. The van der Waals surface area contributed by atoms with Crippen molar-refractivity contribution in [3.05, 3.63) is 23.8 Å². The third-order valence-corrected chi connectivity index (χ3v) is 4.91. The average Bonchev–Trinajstić information content (AvgIpc) is 3.22. The summed E-state index contributed by atoms with van der Waals surface area (Å²) in [5.74, 6) is 2.35. The van der Waals surface area contributed by atoms with Gasteiger partial charge in [-0.3, -0.25) is 4.99 Å². The molecule has 0 aliphatic heterocycles. The molecule has 1 unspecified atom stereocenters. The van der Waals surface area contributed by atoms with Crippen LogP contribution < -0.4 is 20.1 Å². The summed E-state index contributed by atoms with van der Waals surface area (Å²) >= 11 is 0. The first-order valence-corrected chi connectivity index (χ1v) is 10.7. The number of guanidine groups is 1. The van der Waals surface area contributed by atoms with Crippen molar-refractivity contribution in [2.24, 2.45) is 4.99 Å². The fourth-order valence-corrected chi connectivity index (χ4v) is 3.40. The Bertz CT molecular complexity index is 607. The van der Waals surface area contributed by atoms with Gasteiger partial charge in [0.1, 0.15) is 0 Å². The second-order valence-corrected chi connectivity index (χ2v) is 7.07. The van der Waals surface area contributed by atoms with Crippen molar-refractivity contribution in [1.29, 1.82) is 0 Å². The molecule has 0 spiro atoms. The monoisotopic (exact) mass is 519 g/mol. The number of halogens is 1. The lowest BCUT2D eigenvalue weighted by Crippen LogP contribution is -2.39. The molecule has 1 saturated carbocycles. The Balaban J connectivity index is 0.00000420. The van der Waals surface area contributed by atoms with E-state index < -0.39 is 0 Å². The van der Waals surface area contributed by atoms with Gasteiger partial charge in [0.25, 0.3) is 0 Å². The molecule has 2 rings (SSSR count). The molecule has 0 heterocycles. The average molecular weight is 519 g/mol. The van der Waals surface area contributed by atoms with Gasteiger partial charge in [0, 0.05) is 20.2 Å². The minimum atomic E-state index is 0. The van der Waals surface area contributed by atoms with Crippen LogP contribution in [0, 0.1) is 0 Å². The molecular formula is C22H38IN3O3. The number of aliphatic imine (C=N–C) groups is 1. The summed E-state index contributed by atoms with van der Waals surface area (Å²) in [6.07, 6.45) is 6.53. The molecular weight excluding hydrogens is 481 g/mol. The molecule has 2 N–H and O–H groups in total. The smallest absolute Gasteiger partial charge is 0.191 e. The van der Waals surface area contributed by atoms with Crippen LogP contribution in [0.4, 0.5) is 0 Å². The Morgan fingerprint density at radius 3 is 2.48 bits per heavy atom. The Morgan fingerprint density at radius 2 is 1.83 bits per heavy atom. The maximum absolute atomic E-state index is 5.91. The summed E-state index contributed by atoms with van der Waals surface area (Å²) in [4.78, 5) is 4.33. The van der Waals surface area contributed by atoms with Gasteiger partial charge in [-0.25, -0.2) is 0 Å². The first kappa shape index (κ1) is 25.8. The molecule has 6 nitrogen and oxygen atoms in total. The Morgan fingerprint density at radius 1 is 1.14 bits per heavy atom. The summed E-state index contributed by atoms with van der Waals surface area (Å²) in [7, 11) is 1.79. The minimum Gasteiger partial charge on any atom is -0.490 e. The molecule has 1 aromatic carbocycles. The van der Waals surface area contributed by atoms with E-state index in [9.17, 15) is 0 Å². The number of nitrogens with one attached hydrogen (secondary N) is 2. The standard InChI is InChI=1S/C22H37N3O3.HI/c1-5-26-20-13-12-18(16-21(20)27-6-2)17(3)25-22(23-4)24-14-9-15-28-19-10-7-8-11-19;/h12-13,16-17,19H,5-11,14-15H2,1-4H3,(H2,23,24,25);1H. The van der Waals surface area contributed by atoms with Gasteiger partial charge in [-0.1, -0.05) is 18.9 Å².